The van der Waals surface area contributed by atoms with Gasteiger partial charge in [0.15, 0.2) is 0 Å². The molecule has 1 saturated heterocycles. The number of nitrogens with zero attached hydrogens (tertiary/aromatic N) is 1. The van der Waals surface area contributed by atoms with Crippen LogP contribution in [-0.2, 0) is 0 Å². The van der Waals surface area contributed by atoms with Gasteiger partial charge in [-0.2, -0.15) is 0 Å². The van der Waals surface area contributed by atoms with Gasteiger partial charge in [-0.05, 0) is 36.6 Å². The van der Waals surface area contributed by atoms with E-state index in [-0.39, 0.29) is 5.91 Å². The zero-order valence-electron chi connectivity index (χ0n) is 13.2. The molecule has 5 heteroatoms. The van der Waals surface area contributed by atoms with E-state index in [1.54, 1.807) is 24.3 Å². The molecule has 0 saturated carbocycles. The number of benzene rings is 2. The second-order valence-corrected chi connectivity index (χ2v) is 7.11. The van der Waals surface area contributed by atoms with Crippen LogP contribution in [0.15, 0.2) is 60.7 Å². The van der Waals surface area contributed by atoms with Gasteiger partial charge in [-0.3, -0.25) is 9.59 Å². The summed E-state index contributed by atoms with van der Waals surface area (Å²) in [4.78, 5) is 24.9. The van der Waals surface area contributed by atoms with E-state index in [4.69, 9.17) is 11.6 Å². The number of piperidine rings is 1. The molecule has 0 spiro atoms. The second kappa shape index (κ2) is 9.60. The number of carbonyl (C=O) groups excluding carboxylic acids is 2. The summed E-state index contributed by atoms with van der Waals surface area (Å²) >= 11 is 8.75. The fraction of sp³-hybridized carbons (Fsp3) is 0.263. The van der Waals surface area contributed by atoms with E-state index >= 15 is 0 Å². The van der Waals surface area contributed by atoms with Crippen LogP contribution >= 0.6 is 27.5 Å². The lowest BCUT2D eigenvalue weighted by molar-refractivity contribution is 0.0728. The number of likely N-dealkylation sites (tertiary alicyclic amines) is 1. The molecular weight excluding hydrogens is 390 g/mol. The predicted octanol–water partition coefficient (Wildman–Crippen LogP) is 4.75. The van der Waals surface area contributed by atoms with Crippen molar-refractivity contribution in [3.8, 4) is 0 Å². The maximum Gasteiger partial charge on any atom is 0.253 e. The lowest BCUT2D eigenvalue weighted by atomic mass is 10.1. The molecule has 0 atom stereocenters. The Balaban J connectivity index is 0.000000198. The van der Waals surface area contributed by atoms with Crippen LogP contribution in [0.3, 0.4) is 0 Å². The van der Waals surface area contributed by atoms with Gasteiger partial charge in [-0.25, -0.2) is 0 Å². The van der Waals surface area contributed by atoms with Crippen LogP contribution in [0, 0.1) is 0 Å². The molecule has 0 unspecified atom stereocenters. The fourth-order valence-corrected chi connectivity index (χ4v) is 2.92. The maximum absolute atomic E-state index is 12.0. The minimum Gasteiger partial charge on any atom is -0.339 e. The van der Waals surface area contributed by atoms with Crippen molar-refractivity contribution in [3.63, 3.8) is 0 Å². The van der Waals surface area contributed by atoms with E-state index in [0.29, 0.717) is 10.4 Å². The summed E-state index contributed by atoms with van der Waals surface area (Å²) in [5, 5.41) is -0.407. The van der Waals surface area contributed by atoms with Crippen molar-refractivity contribution in [2.45, 2.75) is 17.7 Å². The first-order valence-corrected chi connectivity index (χ1v) is 9.10. The predicted molar refractivity (Wildman–Crippen MR) is 101 cm³/mol. The number of alkyl halides is 1. The first-order valence-electron chi connectivity index (χ1n) is 7.81. The van der Waals surface area contributed by atoms with Crippen molar-refractivity contribution in [1.29, 1.82) is 0 Å². The molecular formula is C19H19BrClNO2. The zero-order valence-corrected chi connectivity index (χ0v) is 15.5. The largest absolute Gasteiger partial charge is 0.339 e. The highest BCUT2D eigenvalue weighted by Gasteiger charge is 2.21. The smallest absolute Gasteiger partial charge is 0.253 e. The number of hydrogen-bond acceptors (Lipinski definition) is 2. The Morgan fingerprint density at radius 3 is 1.75 bits per heavy atom. The highest BCUT2D eigenvalue weighted by atomic mass is 79.9. The third-order valence-corrected chi connectivity index (χ3v) is 4.87. The van der Waals surface area contributed by atoms with Gasteiger partial charge >= 0.3 is 0 Å². The Kier molecular flexibility index (Phi) is 7.47. The van der Waals surface area contributed by atoms with E-state index in [2.05, 4.69) is 15.9 Å². The average Bonchev–Trinajstić information content (AvgIpc) is 2.64. The minimum absolute atomic E-state index is 0.162. The van der Waals surface area contributed by atoms with Crippen LogP contribution in [0.1, 0.15) is 33.6 Å². The molecule has 2 aromatic carbocycles. The van der Waals surface area contributed by atoms with Gasteiger partial charge in [0.05, 0.1) is 0 Å². The molecule has 1 heterocycles. The third-order valence-electron chi connectivity index (χ3n) is 3.73. The maximum atomic E-state index is 12.0. The summed E-state index contributed by atoms with van der Waals surface area (Å²) in [6, 6.07) is 18.2. The lowest BCUT2D eigenvalue weighted by Crippen LogP contribution is -2.38. The molecule has 1 fully saturated rings. The number of rotatable bonds is 2. The topological polar surface area (TPSA) is 37.4 Å². The van der Waals surface area contributed by atoms with E-state index in [1.165, 1.54) is 0 Å². The average molecular weight is 409 g/mol. The summed E-state index contributed by atoms with van der Waals surface area (Å²) in [5.74, 6) is 0.162. The van der Waals surface area contributed by atoms with Crippen LogP contribution < -0.4 is 0 Å². The molecule has 2 aromatic rings. The number of amides is 1. The molecule has 0 radical (unpaired) electrons. The van der Waals surface area contributed by atoms with Crippen molar-refractivity contribution < 1.29 is 9.59 Å². The normalized spacial score (nSPS) is 14.5. The van der Waals surface area contributed by atoms with Gasteiger partial charge in [0.2, 0.25) is 0 Å². The van der Waals surface area contributed by atoms with E-state index < -0.39 is 5.24 Å². The van der Waals surface area contributed by atoms with Crippen molar-refractivity contribution in [2.24, 2.45) is 0 Å². The molecule has 1 amide bonds. The highest BCUT2D eigenvalue weighted by molar-refractivity contribution is 9.09. The molecule has 24 heavy (non-hydrogen) atoms. The van der Waals surface area contributed by atoms with Gasteiger partial charge < -0.3 is 4.90 Å². The van der Waals surface area contributed by atoms with Crippen LogP contribution in [0.2, 0.25) is 0 Å². The first kappa shape index (κ1) is 18.7. The molecule has 126 valence electrons. The lowest BCUT2D eigenvalue weighted by Gasteiger charge is -2.29. The van der Waals surface area contributed by atoms with Crippen molar-refractivity contribution in [3.05, 3.63) is 71.8 Å². The highest BCUT2D eigenvalue weighted by Crippen LogP contribution is 2.19. The Morgan fingerprint density at radius 1 is 0.875 bits per heavy atom. The molecule has 0 bridgehead atoms. The van der Waals surface area contributed by atoms with Crippen molar-refractivity contribution in [2.75, 3.05) is 13.1 Å². The van der Waals surface area contributed by atoms with E-state index in [0.717, 1.165) is 31.5 Å². The van der Waals surface area contributed by atoms with Crippen LogP contribution in [0.4, 0.5) is 0 Å². The monoisotopic (exact) mass is 407 g/mol. The Morgan fingerprint density at radius 2 is 1.33 bits per heavy atom. The molecule has 0 aromatic heterocycles. The molecule has 1 aliphatic heterocycles. The second-order valence-electron chi connectivity index (χ2n) is 5.47. The van der Waals surface area contributed by atoms with Gasteiger partial charge in [0.25, 0.3) is 11.1 Å². The standard InChI is InChI=1S/C12H14BrNO.C7H5ClO/c13-11-6-8-14(9-7-11)12(15)10-4-2-1-3-5-10;8-7(9)6-4-2-1-3-5-6/h1-5,11H,6-9H2;1-5H. The van der Waals surface area contributed by atoms with Gasteiger partial charge in [0.1, 0.15) is 0 Å². The van der Waals surface area contributed by atoms with Crippen LogP contribution in [0.25, 0.3) is 0 Å². The Bertz CT molecular complexity index is 656. The summed E-state index contributed by atoms with van der Waals surface area (Å²) in [6.07, 6.45) is 2.11. The number of hydrogen-bond donors (Lipinski definition) is 0. The van der Waals surface area contributed by atoms with Gasteiger partial charge in [-0.15, -0.1) is 0 Å². The van der Waals surface area contributed by atoms with E-state index in [1.807, 2.05) is 41.3 Å². The third kappa shape index (κ3) is 5.77. The molecule has 3 nitrogen and oxygen atoms in total. The molecule has 0 N–H and O–H groups in total. The molecule has 1 aliphatic rings. The first-order chi connectivity index (χ1) is 11.6. The summed E-state index contributed by atoms with van der Waals surface area (Å²) in [6.45, 7) is 1.73. The Labute approximate surface area is 155 Å². The quantitative estimate of drug-likeness (QED) is 0.531. The summed E-state index contributed by atoms with van der Waals surface area (Å²) in [5.41, 5.74) is 1.34. The van der Waals surface area contributed by atoms with Gasteiger partial charge in [-0.1, -0.05) is 64.5 Å². The zero-order chi connectivity index (χ0) is 17.4. The number of carbonyl (C=O) groups is 2. The van der Waals surface area contributed by atoms with Crippen molar-refractivity contribution in [1.82, 2.24) is 4.90 Å². The van der Waals surface area contributed by atoms with Gasteiger partial charge in [0, 0.05) is 29.0 Å². The summed E-state index contributed by atoms with van der Waals surface area (Å²) < 4.78 is 0. The Hall–Kier alpha value is -1.65. The SMILES string of the molecule is O=C(Cl)c1ccccc1.O=C(c1ccccc1)N1CCC(Br)CC1. The van der Waals surface area contributed by atoms with Crippen LogP contribution in [0.5, 0.6) is 0 Å². The summed E-state index contributed by atoms with van der Waals surface area (Å²) in [7, 11) is 0. The van der Waals surface area contributed by atoms with Crippen molar-refractivity contribution >= 4 is 38.7 Å². The van der Waals surface area contributed by atoms with Crippen LogP contribution in [-0.4, -0.2) is 34.0 Å². The number of halogens is 2. The molecule has 3 rings (SSSR count). The minimum atomic E-state index is -0.407. The van der Waals surface area contributed by atoms with E-state index in [9.17, 15) is 9.59 Å². The fourth-order valence-electron chi connectivity index (χ4n) is 2.38. The molecule has 0 aliphatic carbocycles.